The summed E-state index contributed by atoms with van der Waals surface area (Å²) in [6.07, 6.45) is 0.623. The molecule has 3 heteroatoms. The smallest absolute Gasteiger partial charge is 0.240 e. The third-order valence-corrected chi connectivity index (χ3v) is 3.49. The second kappa shape index (κ2) is 5.53. The minimum absolute atomic E-state index is 0.0208. The molecule has 0 radical (unpaired) electrons. The average molecular weight is 248 g/mol. The molecule has 0 spiro atoms. The molecule has 0 aliphatic heterocycles. The van der Waals surface area contributed by atoms with E-state index in [1.807, 2.05) is 13.8 Å². The number of nitrogens with two attached hydrogens (primary N) is 1. The molecule has 0 fully saturated rings. The second-order valence-electron chi connectivity index (χ2n) is 5.33. The zero-order valence-corrected chi connectivity index (χ0v) is 12.0. The van der Waals surface area contributed by atoms with Gasteiger partial charge in [0.1, 0.15) is 0 Å². The Kier molecular flexibility index (Phi) is 4.52. The number of hydrogen-bond donors (Lipinski definition) is 2. The summed E-state index contributed by atoms with van der Waals surface area (Å²) in [4.78, 5) is 12.0. The molecule has 1 aromatic carbocycles. The standard InChI is InChI=1S/C15H24N2O/c1-6-15(5,16)14(18)17-12(4)13-8-7-10(2)9-11(13)3/h7-9,12H,6,16H2,1-5H3,(H,17,18). The number of amides is 1. The van der Waals surface area contributed by atoms with Crippen molar-refractivity contribution in [2.75, 3.05) is 0 Å². The van der Waals surface area contributed by atoms with E-state index in [0.29, 0.717) is 6.42 Å². The van der Waals surface area contributed by atoms with Gasteiger partial charge in [-0.3, -0.25) is 4.79 Å². The van der Waals surface area contributed by atoms with Crippen molar-refractivity contribution in [2.45, 2.75) is 52.6 Å². The summed E-state index contributed by atoms with van der Waals surface area (Å²) in [5, 5.41) is 2.98. The third-order valence-electron chi connectivity index (χ3n) is 3.49. The lowest BCUT2D eigenvalue weighted by Crippen LogP contribution is -2.51. The summed E-state index contributed by atoms with van der Waals surface area (Å²) < 4.78 is 0. The van der Waals surface area contributed by atoms with Gasteiger partial charge in [-0.05, 0) is 45.2 Å². The van der Waals surface area contributed by atoms with E-state index in [9.17, 15) is 4.79 Å². The van der Waals surface area contributed by atoms with E-state index in [1.54, 1.807) is 6.92 Å². The minimum Gasteiger partial charge on any atom is -0.348 e. The van der Waals surface area contributed by atoms with Crippen LogP contribution in [0.25, 0.3) is 0 Å². The predicted molar refractivity (Wildman–Crippen MR) is 75.4 cm³/mol. The molecular formula is C15H24N2O. The van der Waals surface area contributed by atoms with Gasteiger partial charge in [0.05, 0.1) is 11.6 Å². The third kappa shape index (κ3) is 3.33. The molecular weight excluding hydrogens is 224 g/mol. The topological polar surface area (TPSA) is 55.1 Å². The lowest BCUT2D eigenvalue weighted by atomic mass is 9.96. The first kappa shape index (κ1) is 14.7. The zero-order chi connectivity index (χ0) is 13.9. The van der Waals surface area contributed by atoms with Crippen LogP contribution >= 0.6 is 0 Å². The lowest BCUT2D eigenvalue weighted by molar-refractivity contribution is -0.126. The Labute approximate surface area is 110 Å². The molecule has 0 saturated heterocycles. The number of carbonyl (C=O) groups excluding carboxylic acids is 1. The Morgan fingerprint density at radius 1 is 1.44 bits per heavy atom. The number of hydrogen-bond acceptors (Lipinski definition) is 2. The second-order valence-corrected chi connectivity index (χ2v) is 5.33. The van der Waals surface area contributed by atoms with Gasteiger partial charge in [-0.2, -0.15) is 0 Å². The van der Waals surface area contributed by atoms with Gasteiger partial charge < -0.3 is 11.1 Å². The van der Waals surface area contributed by atoms with Crippen LogP contribution in [0.1, 0.15) is 49.9 Å². The predicted octanol–water partition coefficient (Wildman–Crippen LogP) is 2.61. The molecule has 2 atom stereocenters. The maximum absolute atomic E-state index is 12.0. The van der Waals surface area contributed by atoms with Gasteiger partial charge in [-0.15, -0.1) is 0 Å². The van der Waals surface area contributed by atoms with Crippen LogP contribution in [0.3, 0.4) is 0 Å². The lowest BCUT2D eigenvalue weighted by Gasteiger charge is -2.25. The van der Waals surface area contributed by atoms with E-state index in [1.165, 1.54) is 11.1 Å². The van der Waals surface area contributed by atoms with Crippen molar-refractivity contribution >= 4 is 5.91 Å². The molecule has 0 bridgehead atoms. The number of carbonyl (C=O) groups is 1. The van der Waals surface area contributed by atoms with E-state index in [0.717, 1.165) is 5.56 Å². The molecule has 3 N–H and O–H groups in total. The fourth-order valence-corrected chi connectivity index (χ4v) is 1.91. The molecule has 2 unspecified atom stereocenters. The highest BCUT2D eigenvalue weighted by Crippen LogP contribution is 2.19. The molecule has 0 aromatic heterocycles. The fourth-order valence-electron chi connectivity index (χ4n) is 1.91. The molecule has 0 aliphatic carbocycles. The highest BCUT2D eigenvalue weighted by molar-refractivity contribution is 5.85. The van der Waals surface area contributed by atoms with E-state index in [-0.39, 0.29) is 11.9 Å². The van der Waals surface area contributed by atoms with Crippen LogP contribution in [0, 0.1) is 13.8 Å². The largest absolute Gasteiger partial charge is 0.348 e. The Hall–Kier alpha value is -1.35. The highest BCUT2D eigenvalue weighted by atomic mass is 16.2. The van der Waals surface area contributed by atoms with E-state index in [2.05, 4.69) is 37.4 Å². The Morgan fingerprint density at radius 2 is 2.06 bits per heavy atom. The van der Waals surface area contributed by atoms with Crippen LogP contribution in [0.5, 0.6) is 0 Å². The van der Waals surface area contributed by atoms with Gasteiger partial charge >= 0.3 is 0 Å². The SMILES string of the molecule is CCC(C)(N)C(=O)NC(C)c1ccc(C)cc1C. The minimum atomic E-state index is -0.799. The number of benzene rings is 1. The quantitative estimate of drug-likeness (QED) is 0.860. The van der Waals surface area contributed by atoms with Crippen molar-refractivity contribution in [1.82, 2.24) is 5.32 Å². The number of rotatable bonds is 4. The Balaban J connectivity index is 2.83. The number of aryl methyl sites for hydroxylation is 2. The molecule has 100 valence electrons. The van der Waals surface area contributed by atoms with Gasteiger partial charge in [0.25, 0.3) is 0 Å². The normalized spacial score (nSPS) is 15.9. The summed E-state index contributed by atoms with van der Waals surface area (Å²) in [6, 6.07) is 6.23. The van der Waals surface area contributed by atoms with E-state index in [4.69, 9.17) is 5.73 Å². The van der Waals surface area contributed by atoms with Crippen molar-refractivity contribution in [3.05, 3.63) is 34.9 Å². The summed E-state index contributed by atoms with van der Waals surface area (Å²) >= 11 is 0. The Bertz CT molecular complexity index is 438. The monoisotopic (exact) mass is 248 g/mol. The highest BCUT2D eigenvalue weighted by Gasteiger charge is 2.27. The van der Waals surface area contributed by atoms with Crippen molar-refractivity contribution in [2.24, 2.45) is 5.73 Å². The zero-order valence-electron chi connectivity index (χ0n) is 12.0. The van der Waals surface area contributed by atoms with Gasteiger partial charge in [0.2, 0.25) is 5.91 Å². The first-order chi connectivity index (χ1) is 8.27. The molecule has 0 aliphatic rings. The van der Waals surface area contributed by atoms with Gasteiger partial charge in [0.15, 0.2) is 0 Å². The maximum Gasteiger partial charge on any atom is 0.240 e. The average Bonchev–Trinajstić information content (AvgIpc) is 2.28. The summed E-state index contributed by atoms with van der Waals surface area (Å²) in [6.45, 7) is 9.79. The van der Waals surface area contributed by atoms with Crippen LogP contribution in [-0.4, -0.2) is 11.4 Å². The van der Waals surface area contributed by atoms with Gasteiger partial charge in [-0.1, -0.05) is 30.7 Å². The molecule has 1 aromatic rings. The van der Waals surface area contributed by atoms with E-state index < -0.39 is 5.54 Å². The van der Waals surface area contributed by atoms with Crippen molar-refractivity contribution in [3.63, 3.8) is 0 Å². The molecule has 3 nitrogen and oxygen atoms in total. The summed E-state index contributed by atoms with van der Waals surface area (Å²) in [5.41, 5.74) is 8.70. The summed E-state index contributed by atoms with van der Waals surface area (Å²) in [5.74, 6) is -0.0996. The first-order valence-corrected chi connectivity index (χ1v) is 6.45. The number of nitrogens with one attached hydrogen (secondary N) is 1. The van der Waals surface area contributed by atoms with Crippen LogP contribution < -0.4 is 11.1 Å². The maximum atomic E-state index is 12.0. The molecule has 0 saturated carbocycles. The van der Waals surface area contributed by atoms with Gasteiger partial charge in [-0.25, -0.2) is 0 Å². The van der Waals surface area contributed by atoms with Crippen LogP contribution in [-0.2, 0) is 4.79 Å². The van der Waals surface area contributed by atoms with E-state index >= 15 is 0 Å². The van der Waals surface area contributed by atoms with Gasteiger partial charge in [0, 0.05) is 0 Å². The van der Waals surface area contributed by atoms with Crippen molar-refractivity contribution < 1.29 is 4.79 Å². The first-order valence-electron chi connectivity index (χ1n) is 6.45. The molecule has 18 heavy (non-hydrogen) atoms. The van der Waals surface area contributed by atoms with Crippen molar-refractivity contribution in [1.29, 1.82) is 0 Å². The molecule has 1 rings (SSSR count). The van der Waals surface area contributed by atoms with Crippen LogP contribution in [0.4, 0.5) is 0 Å². The van der Waals surface area contributed by atoms with Crippen LogP contribution in [0.15, 0.2) is 18.2 Å². The molecule has 1 amide bonds. The Morgan fingerprint density at radius 3 is 2.56 bits per heavy atom. The fraction of sp³-hybridized carbons (Fsp3) is 0.533. The van der Waals surface area contributed by atoms with Crippen molar-refractivity contribution in [3.8, 4) is 0 Å². The summed E-state index contributed by atoms with van der Waals surface area (Å²) in [7, 11) is 0. The molecule has 0 heterocycles. The van der Waals surface area contributed by atoms with Crippen LogP contribution in [0.2, 0.25) is 0 Å².